The number of nitrogens with zero attached hydrogens (tertiary/aromatic N) is 2. The molecule has 0 unspecified atom stereocenters. The van der Waals surface area contributed by atoms with Gasteiger partial charge >= 0.3 is 0 Å². The second-order valence-corrected chi connectivity index (χ2v) is 7.13. The van der Waals surface area contributed by atoms with Gasteiger partial charge in [-0.05, 0) is 66.6 Å². The molecule has 0 atom stereocenters. The van der Waals surface area contributed by atoms with Crippen molar-refractivity contribution in [2.75, 3.05) is 13.7 Å². The number of H-pyrrole nitrogens is 1. The summed E-state index contributed by atoms with van der Waals surface area (Å²) < 4.78 is 11.0. The molecule has 3 aromatic carbocycles. The second-order valence-electron chi connectivity index (χ2n) is 7.13. The highest BCUT2D eigenvalue weighted by molar-refractivity contribution is 6.02. The fourth-order valence-electron chi connectivity index (χ4n) is 3.47. The molecule has 0 saturated heterocycles. The van der Waals surface area contributed by atoms with Gasteiger partial charge in [0.2, 0.25) is 0 Å². The first-order valence-corrected chi connectivity index (χ1v) is 10.3. The van der Waals surface area contributed by atoms with Gasteiger partial charge in [-0.2, -0.15) is 10.2 Å². The minimum absolute atomic E-state index is 0.304. The van der Waals surface area contributed by atoms with Crippen LogP contribution in [-0.4, -0.2) is 35.5 Å². The first-order chi connectivity index (χ1) is 15.6. The predicted octanol–water partition coefficient (Wildman–Crippen LogP) is 4.79. The maximum Gasteiger partial charge on any atom is 0.289 e. The van der Waals surface area contributed by atoms with Crippen LogP contribution >= 0.6 is 0 Å². The molecular formula is C25H24N4O3. The van der Waals surface area contributed by atoms with Crippen LogP contribution in [0.3, 0.4) is 0 Å². The summed E-state index contributed by atoms with van der Waals surface area (Å²) in [5.41, 5.74) is 5.90. The van der Waals surface area contributed by atoms with Crippen LogP contribution in [-0.2, 0) is 0 Å². The lowest BCUT2D eigenvalue weighted by atomic mass is 10.0. The Bertz CT molecular complexity index is 1280. The number of rotatable bonds is 7. The molecule has 0 radical (unpaired) electrons. The number of ether oxygens (including phenoxy) is 2. The maximum atomic E-state index is 12.6. The molecule has 0 bridgehead atoms. The third kappa shape index (κ3) is 4.32. The van der Waals surface area contributed by atoms with Crippen LogP contribution in [0.1, 0.15) is 29.9 Å². The molecule has 4 aromatic rings. The smallest absolute Gasteiger partial charge is 0.289 e. The number of benzene rings is 3. The Kier molecular flexibility index (Phi) is 6.17. The van der Waals surface area contributed by atoms with Gasteiger partial charge in [-0.1, -0.05) is 30.3 Å². The summed E-state index contributed by atoms with van der Waals surface area (Å²) in [5.74, 6) is 1.10. The molecule has 1 heterocycles. The van der Waals surface area contributed by atoms with Crippen LogP contribution in [0.25, 0.3) is 22.0 Å². The van der Waals surface area contributed by atoms with Crippen molar-refractivity contribution in [2.24, 2.45) is 5.10 Å². The molecule has 0 aliphatic heterocycles. The van der Waals surface area contributed by atoms with Crippen molar-refractivity contribution < 1.29 is 14.3 Å². The number of hydrogen-bond donors (Lipinski definition) is 2. The van der Waals surface area contributed by atoms with Crippen molar-refractivity contribution in [1.29, 1.82) is 0 Å². The zero-order valence-electron chi connectivity index (χ0n) is 18.2. The Morgan fingerprint density at radius 2 is 1.88 bits per heavy atom. The standard InChI is InChI=1S/C25H24N4O3/c1-4-32-19-12-9-17(10-13-19)16(2)26-29-25(30)22-15-21(27-28-22)24-20-8-6-5-7-18(20)11-14-23(24)31-3/h5-15H,4H2,1-3H3,(H,27,28)(H,29,30)/b26-16+. The summed E-state index contributed by atoms with van der Waals surface area (Å²) in [6, 6.07) is 21.1. The fourth-order valence-corrected chi connectivity index (χ4v) is 3.47. The average Bonchev–Trinajstić information content (AvgIpc) is 3.32. The summed E-state index contributed by atoms with van der Waals surface area (Å²) >= 11 is 0. The number of methoxy groups -OCH3 is 1. The van der Waals surface area contributed by atoms with E-state index in [2.05, 4.69) is 20.7 Å². The van der Waals surface area contributed by atoms with Gasteiger partial charge in [0.05, 0.1) is 30.7 Å². The largest absolute Gasteiger partial charge is 0.496 e. The number of hydrogen-bond acceptors (Lipinski definition) is 5. The van der Waals surface area contributed by atoms with E-state index < -0.39 is 0 Å². The molecule has 0 fully saturated rings. The number of nitrogens with one attached hydrogen (secondary N) is 2. The molecule has 7 heteroatoms. The number of amides is 1. The number of carbonyl (C=O) groups is 1. The summed E-state index contributed by atoms with van der Waals surface area (Å²) in [6.45, 7) is 4.38. The molecule has 0 aliphatic carbocycles. The highest BCUT2D eigenvalue weighted by atomic mass is 16.5. The third-order valence-corrected chi connectivity index (χ3v) is 5.10. The van der Waals surface area contributed by atoms with E-state index >= 15 is 0 Å². The minimum Gasteiger partial charge on any atom is -0.496 e. The van der Waals surface area contributed by atoms with Crippen LogP contribution in [0.5, 0.6) is 11.5 Å². The lowest BCUT2D eigenvalue weighted by Crippen LogP contribution is -2.19. The predicted molar refractivity (Wildman–Crippen MR) is 125 cm³/mol. The Morgan fingerprint density at radius 3 is 2.62 bits per heavy atom. The van der Waals surface area contributed by atoms with Crippen LogP contribution in [0.2, 0.25) is 0 Å². The van der Waals surface area contributed by atoms with E-state index in [0.29, 0.717) is 29.5 Å². The normalized spacial score (nSPS) is 11.4. The van der Waals surface area contributed by atoms with Crippen LogP contribution < -0.4 is 14.9 Å². The molecule has 162 valence electrons. The number of hydrazone groups is 1. The third-order valence-electron chi connectivity index (χ3n) is 5.10. The van der Waals surface area contributed by atoms with Crippen LogP contribution in [0, 0.1) is 0 Å². The average molecular weight is 428 g/mol. The molecule has 0 aliphatic rings. The molecule has 7 nitrogen and oxygen atoms in total. The van der Waals surface area contributed by atoms with E-state index in [9.17, 15) is 4.79 Å². The lowest BCUT2D eigenvalue weighted by molar-refractivity contribution is 0.0950. The van der Waals surface area contributed by atoms with Gasteiger partial charge in [0.1, 0.15) is 17.2 Å². The first kappa shape index (κ1) is 21.1. The minimum atomic E-state index is -0.381. The summed E-state index contributed by atoms with van der Waals surface area (Å²) in [5, 5.41) is 13.4. The van der Waals surface area contributed by atoms with E-state index in [1.807, 2.05) is 74.5 Å². The zero-order valence-corrected chi connectivity index (χ0v) is 18.2. The summed E-state index contributed by atoms with van der Waals surface area (Å²) in [7, 11) is 1.62. The van der Waals surface area contributed by atoms with Crippen molar-refractivity contribution in [3.8, 4) is 22.8 Å². The van der Waals surface area contributed by atoms with E-state index in [1.54, 1.807) is 13.2 Å². The van der Waals surface area contributed by atoms with Crippen molar-refractivity contribution in [3.05, 3.63) is 78.0 Å². The SMILES string of the molecule is CCOc1ccc(/C(C)=N/NC(=O)c2cc(-c3c(OC)ccc4ccccc34)n[nH]2)cc1. The van der Waals surface area contributed by atoms with Gasteiger partial charge < -0.3 is 9.47 Å². The van der Waals surface area contributed by atoms with Crippen molar-refractivity contribution in [2.45, 2.75) is 13.8 Å². The van der Waals surface area contributed by atoms with Gasteiger partial charge in [-0.3, -0.25) is 9.89 Å². The summed E-state index contributed by atoms with van der Waals surface area (Å²) in [6.07, 6.45) is 0. The van der Waals surface area contributed by atoms with E-state index in [-0.39, 0.29) is 5.91 Å². The van der Waals surface area contributed by atoms with Crippen molar-refractivity contribution >= 4 is 22.4 Å². The van der Waals surface area contributed by atoms with E-state index in [1.165, 1.54) is 0 Å². The molecule has 32 heavy (non-hydrogen) atoms. The second kappa shape index (κ2) is 9.34. The molecule has 0 saturated carbocycles. The van der Waals surface area contributed by atoms with Crippen LogP contribution in [0.4, 0.5) is 0 Å². The first-order valence-electron chi connectivity index (χ1n) is 10.3. The zero-order chi connectivity index (χ0) is 22.5. The van der Waals surface area contributed by atoms with Crippen molar-refractivity contribution in [1.82, 2.24) is 15.6 Å². The van der Waals surface area contributed by atoms with E-state index in [0.717, 1.165) is 27.6 Å². The number of carbonyl (C=O) groups excluding carboxylic acids is 1. The number of fused-ring (bicyclic) bond motifs is 1. The Labute approximate surface area is 186 Å². The highest BCUT2D eigenvalue weighted by Crippen LogP contribution is 2.36. The Morgan fingerprint density at radius 1 is 1.09 bits per heavy atom. The number of aromatic nitrogens is 2. The monoisotopic (exact) mass is 428 g/mol. The Balaban J connectivity index is 1.55. The topological polar surface area (TPSA) is 88.6 Å². The van der Waals surface area contributed by atoms with Gasteiger partial charge in [0, 0.05) is 0 Å². The molecule has 0 spiro atoms. The molecule has 4 rings (SSSR count). The molecule has 1 aromatic heterocycles. The summed E-state index contributed by atoms with van der Waals surface area (Å²) in [4.78, 5) is 12.6. The molecule has 1 amide bonds. The van der Waals surface area contributed by atoms with E-state index in [4.69, 9.17) is 9.47 Å². The van der Waals surface area contributed by atoms with Gasteiger partial charge in [-0.15, -0.1) is 0 Å². The van der Waals surface area contributed by atoms with Crippen molar-refractivity contribution in [3.63, 3.8) is 0 Å². The van der Waals surface area contributed by atoms with Gasteiger partial charge in [-0.25, -0.2) is 5.43 Å². The van der Waals surface area contributed by atoms with Gasteiger partial charge in [0.25, 0.3) is 5.91 Å². The molecular weight excluding hydrogens is 404 g/mol. The fraction of sp³-hybridized carbons (Fsp3) is 0.160. The maximum absolute atomic E-state index is 12.6. The van der Waals surface area contributed by atoms with Gasteiger partial charge in [0.15, 0.2) is 0 Å². The highest BCUT2D eigenvalue weighted by Gasteiger charge is 2.16. The quantitative estimate of drug-likeness (QED) is 0.327. The molecule has 2 N–H and O–H groups in total. The Hall–Kier alpha value is -4.13. The number of aromatic amines is 1. The van der Waals surface area contributed by atoms with Crippen LogP contribution in [0.15, 0.2) is 71.8 Å². The lowest BCUT2D eigenvalue weighted by Gasteiger charge is -2.09.